The van der Waals surface area contributed by atoms with E-state index in [1.165, 1.54) is 0 Å². The van der Waals surface area contributed by atoms with E-state index in [2.05, 4.69) is 48.5 Å². The molecule has 1 saturated heterocycles. The van der Waals surface area contributed by atoms with Crippen LogP contribution in [0.5, 0.6) is 0 Å². The van der Waals surface area contributed by atoms with Gasteiger partial charge in [-0.25, -0.2) is 0 Å². The predicted molar refractivity (Wildman–Crippen MR) is 135 cm³/mol. The second kappa shape index (κ2) is 9.40. The van der Waals surface area contributed by atoms with Crippen molar-refractivity contribution in [1.82, 2.24) is 0 Å². The smallest absolute Gasteiger partial charge is 0.390 e. The van der Waals surface area contributed by atoms with Gasteiger partial charge in [-0.15, -0.1) is 11.6 Å². The maximum absolute atomic E-state index is 6.98. The van der Waals surface area contributed by atoms with E-state index >= 15 is 0 Å². The fourth-order valence-electron chi connectivity index (χ4n) is 4.89. The van der Waals surface area contributed by atoms with Gasteiger partial charge in [0, 0.05) is 5.88 Å². The van der Waals surface area contributed by atoms with E-state index < -0.39 is 18.3 Å². The Labute approximate surface area is 200 Å². The number of alkyl halides is 1. The Hall–Kier alpha value is -3.11. The van der Waals surface area contributed by atoms with E-state index in [0.29, 0.717) is 5.88 Å². The van der Waals surface area contributed by atoms with E-state index in [1.54, 1.807) is 0 Å². The van der Waals surface area contributed by atoms with Crippen molar-refractivity contribution in [3.8, 4) is 0 Å². The van der Waals surface area contributed by atoms with Gasteiger partial charge in [0.05, 0.1) is 0 Å². The maximum Gasteiger partial charge on any atom is 0.487 e. The van der Waals surface area contributed by atoms with E-state index in [9.17, 15) is 0 Å². The van der Waals surface area contributed by atoms with Crippen molar-refractivity contribution in [2.75, 3.05) is 5.88 Å². The summed E-state index contributed by atoms with van der Waals surface area (Å²) in [6.07, 6.45) is 1.87. The molecule has 0 spiro atoms. The number of allylic oxidation sites excluding steroid dienone is 1. The number of benzene rings is 4. The molecule has 0 N–H and O–H groups in total. The van der Waals surface area contributed by atoms with Gasteiger partial charge in [0.15, 0.2) is 0 Å². The van der Waals surface area contributed by atoms with Gasteiger partial charge in [-0.3, -0.25) is 0 Å². The van der Waals surface area contributed by atoms with E-state index in [-0.39, 0.29) is 0 Å². The zero-order chi connectivity index (χ0) is 22.6. The summed E-state index contributed by atoms with van der Waals surface area (Å²) in [6, 6.07) is 41.4. The molecule has 0 aromatic heterocycles. The van der Waals surface area contributed by atoms with Crippen LogP contribution in [-0.4, -0.2) is 13.0 Å². The Kier molecular flexibility index (Phi) is 6.19. The molecule has 4 aromatic rings. The third-order valence-corrected chi connectivity index (χ3v) is 6.36. The topological polar surface area (TPSA) is 18.5 Å². The van der Waals surface area contributed by atoms with Gasteiger partial charge in [-0.05, 0) is 22.3 Å². The van der Waals surface area contributed by atoms with Crippen LogP contribution in [0.25, 0.3) is 0 Å². The van der Waals surface area contributed by atoms with Gasteiger partial charge in [0.2, 0.25) is 0 Å². The minimum atomic E-state index is -0.945. The lowest BCUT2D eigenvalue weighted by atomic mass is 9.66. The first-order valence-electron chi connectivity index (χ1n) is 11.1. The minimum Gasteiger partial charge on any atom is -0.390 e. The highest BCUT2D eigenvalue weighted by Gasteiger charge is 2.65. The van der Waals surface area contributed by atoms with Crippen molar-refractivity contribution in [3.63, 3.8) is 0 Å². The molecule has 0 bridgehead atoms. The molecule has 1 fully saturated rings. The van der Waals surface area contributed by atoms with Crippen LogP contribution in [0, 0.1) is 0 Å². The van der Waals surface area contributed by atoms with E-state index in [0.717, 1.165) is 22.3 Å². The van der Waals surface area contributed by atoms with Gasteiger partial charge < -0.3 is 9.31 Å². The molecule has 33 heavy (non-hydrogen) atoms. The minimum absolute atomic E-state index is 0.385. The molecular formula is C29H24BClO2. The Morgan fingerprint density at radius 3 is 1.12 bits per heavy atom. The standard InChI is InChI=1S/C29H24BClO2/c31-23-13-22-30-32-28(24-14-5-1-6-15-24,25-16-7-2-8-17-25)29(33-30,26-18-9-3-10-19-26)27-20-11-4-12-21-27/h1-22H,23H2/b22-13+. The summed E-state index contributed by atoms with van der Waals surface area (Å²) in [5, 5.41) is 0. The second-order valence-corrected chi connectivity index (χ2v) is 8.32. The lowest BCUT2D eigenvalue weighted by Crippen LogP contribution is -2.48. The monoisotopic (exact) mass is 450 g/mol. The Balaban J connectivity index is 1.91. The predicted octanol–water partition coefficient (Wildman–Crippen LogP) is 6.74. The van der Waals surface area contributed by atoms with Gasteiger partial charge in [0.1, 0.15) is 11.2 Å². The summed E-state index contributed by atoms with van der Waals surface area (Å²) in [4.78, 5) is 0. The lowest BCUT2D eigenvalue weighted by Gasteiger charge is -2.46. The van der Waals surface area contributed by atoms with Crippen molar-refractivity contribution >= 4 is 18.7 Å². The van der Waals surface area contributed by atoms with Crippen molar-refractivity contribution < 1.29 is 9.31 Å². The Bertz CT molecular complexity index is 1030. The highest BCUT2D eigenvalue weighted by Crippen LogP contribution is 2.58. The Morgan fingerprint density at radius 1 is 0.545 bits per heavy atom. The normalized spacial score (nSPS) is 16.8. The number of halogens is 1. The molecule has 0 aliphatic carbocycles. The molecule has 1 aliphatic heterocycles. The highest BCUT2D eigenvalue weighted by molar-refractivity contribution is 6.52. The fraction of sp³-hybridized carbons (Fsp3) is 0.103. The lowest BCUT2D eigenvalue weighted by molar-refractivity contribution is 0.00370. The fourth-order valence-corrected chi connectivity index (χ4v) is 4.99. The average molecular weight is 451 g/mol. The van der Waals surface area contributed by atoms with Crippen molar-refractivity contribution in [2.45, 2.75) is 11.2 Å². The first kappa shape index (κ1) is 21.7. The van der Waals surface area contributed by atoms with Crippen LogP contribution < -0.4 is 0 Å². The first-order valence-corrected chi connectivity index (χ1v) is 11.6. The van der Waals surface area contributed by atoms with Gasteiger partial charge >= 0.3 is 7.12 Å². The number of rotatable bonds is 6. The molecular weight excluding hydrogens is 427 g/mol. The van der Waals surface area contributed by atoms with Gasteiger partial charge in [-0.1, -0.05) is 133 Å². The van der Waals surface area contributed by atoms with Crippen LogP contribution in [0.15, 0.2) is 133 Å². The van der Waals surface area contributed by atoms with Crippen molar-refractivity contribution in [1.29, 1.82) is 0 Å². The van der Waals surface area contributed by atoms with Crippen LogP contribution in [-0.2, 0) is 20.5 Å². The SMILES string of the molecule is ClC/C=C/B1OC(c2ccccc2)(c2ccccc2)C(c2ccccc2)(c2ccccc2)O1. The molecule has 162 valence electrons. The second-order valence-electron chi connectivity index (χ2n) is 8.01. The Morgan fingerprint density at radius 2 is 0.848 bits per heavy atom. The van der Waals surface area contributed by atoms with Crippen LogP contribution in [0.1, 0.15) is 22.3 Å². The summed E-state index contributed by atoms with van der Waals surface area (Å²) < 4.78 is 14.0. The zero-order valence-corrected chi connectivity index (χ0v) is 18.9. The first-order chi connectivity index (χ1) is 16.3. The summed E-state index contributed by atoms with van der Waals surface area (Å²) in [6.45, 7) is 0. The molecule has 0 saturated carbocycles. The zero-order valence-electron chi connectivity index (χ0n) is 18.2. The van der Waals surface area contributed by atoms with Crippen LogP contribution in [0.3, 0.4) is 0 Å². The van der Waals surface area contributed by atoms with Crippen LogP contribution in [0.2, 0.25) is 0 Å². The summed E-state index contributed by atoms with van der Waals surface area (Å²) >= 11 is 5.99. The van der Waals surface area contributed by atoms with Crippen molar-refractivity contribution in [3.05, 3.63) is 156 Å². The third-order valence-electron chi connectivity index (χ3n) is 6.19. The number of hydrogen-bond donors (Lipinski definition) is 0. The summed E-state index contributed by atoms with van der Waals surface area (Å²) in [7, 11) is -0.593. The van der Waals surface area contributed by atoms with Gasteiger partial charge in [0.25, 0.3) is 0 Å². The quantitative estimate of drug-likeness (QED) is 0.239. The molecule has 1 heterocycles. The molecule has 2 nitrogen and oxygen atoms in total. The van der Waals surface area contributed by atoms with E-state index in [1.807, 2.05) is 84.8 Å². The van der Waals surface area contributed by atoms with Crippen LogP contribution in [0.4, 0.5) is 0 Å². The summed E-state index contributed by atoms with van der Waals surface area (Å²) in [5.41, 5.74) is 2.19. The molecule has 5 rings (SSSR count). The molecule has 0 atom stereocenters. The van der Waals surface area contributed by atoms with Crippen molar-refractivity contribution in [2.24, 2.45) is 0 Å². The highest BCUT2D eigenvalue weighted by atomic mass is 35.5. The largest absolute Gasteiger partial charge is 0.487 e. The van der Waals surface area contributed by atoms with Crippen LogP contribution >= 0.6 is 11.6 Å². The molecule has 0 radical (unpaired) electrons. The maximum atomic E-state index is 6.98. The molecule has 1 aliphatic rings. The van der Waals surface area contributed by atoms with E-state index in [4.69, 9.17) is 20.9 Å². The van der Waals surface area contributed by atoms with Gasteiger partial charge in [-0.2, -0.15) is 0 Å². The number of hydrogen-bond acceptors (Lipinski definition) is 2. The molecule has 0 unspecified atom stereocenters. The third kappa shape index (κ3) is 3.63. The average Bonchev–Trinajstić information content (AvgIpc) is 3.27. The summed E-state index contributed by atoms with van der Waals surface area (Å²) in [5.74, 6) is 2.29. The molecule has 4 aromatic carbocycles. The molecule has 4 heteroatoms. The molecule has 0 amide bonds.